The Labute approximate surface area is 168 Å². The average molecular weight is 377 g/mol. The molecule has 8 atom stereocenters. The molecular weight excluding hydrogens is 332 g/mol. The fourth-order valence-corrected chi connectivity index (χ4v) is 8.14. The topological polar surface area (TPSA) is 18.5 Å². The number of hydrogen-bond acceptors (Lipinski definition) is 2. The fraction of sp³-hybridized carbons (Fsp3) is 1.00. The summed E-state index contributed by atoms with van der Waals surface area (Å²) in [5.74, 6) is 3.76. The van der Waals surface area contributed by atoms with Crippen LogP contribution in [0.4, 0.5) is 0 Å². The van der Waals surface area contributed by atoms with Gasteiger partial charge in [0.05, 0.1) is 12.2 Å². The Bertz CT molecular complexity index is 505. The summed E-state index contributed by atoms with van der Waals surface area (Å²) in [6.45, 7) is 11.7. The molecule has 4 saturated carbocycles. The highest BCUT2D eigenvalue weighted by molar-refractivity contribution is 5.09. The van der Waals surface area contributed by atoms with Crippen LogP contribution >= 0.6 is 0 Å². The molecule has 0 saturated heterocycles. The van der Waals surface area contributed by atoms with E-state index in [1.807, 2.05) is 0 Å². The van der Waals surface area contributed by atoms with E-state index in [1.54, 1.807) is 0 Å². The minimum absolute atomic E-state index is 0.459. The highest BCUT2D eigenvalue weighted by Crippen LogP contribution is 2.66. The van der Waals surface area contributed by atoms with Gasteiger partial charge < -0.3 is 9.47 Å². The van der Waals surface area contributed by atoms with Gasteiger partial charge in [-0.15, -0.1) is 0 Å². The second kappa shape index (κ2) is 7.98. The Morgan fingerprint density at radius 2 is 1.44 bits per heavy atom. The summed E-state index contributed by atoms with van der Waals surface area (Å²) < 4.78 is 12.6. The van der Waals surface area contributed by atoms with Gasteiger partial charge in [-0.05, 0) is 105 Å². The highest BCUT2D eigenvalue weighted by atomic mass is 16.5. The van der Waals surface area contributed by atoms with E-state index in [2.05, 4.69) is 27.7 Å². The van der Waals surface area contributed by atoms with Crippen molar-refractivity contribution in [3.8, 4) is 0 Å². The van der Waals surface area contributed by atoms with Crippen LogP contribution in [0.15, 0.2) is 0 Å². The minimum atomic E-state index is 0.459. The molecule has 156 valence electrons. The quantitative estimate of drug-likeness (QED) is 0.518. The molecule has 0 unspecified atom stereocenters. The molecule has 0 aromatic carbocycles. The van der Waals surface area contributed by atoms with Gasteiger partial charge in [0.2, 0.25) is 0 Å². The number of hydrogen-bond donors (Lipinski definition) is 0. The predicted octanol–water partition coefficient (Wildman–Crippen LogP) is 6.62. The third-order valence-electron chi connectivity index (χ3n) is 9.61. The van der Waals surface area contributed by atoms with E-state index in [9.17, 15) is 0 Å². The summed E-state index contributed by atoms with van der Waals surface area (Å²) in [4.78, 5) is 0. The van der Waals surface area contributed by atoms with Crippen molar-refractivity contribution in [3.05, 3.63) is 0 Å². The van der Waals surface area contributed by atoms with Crippen LogP contribution in [0.2, 0.25) is 0 Å². The first-order chi connectivity index (χ1) is 13.0. The van der Waals surface area contributed by atoms with Crippen LogP contribution in [0.3, 0.4) is 0 Å². The molecule has 0 aliphatic heterocycles. The van der Waals surface area contributed by atoms with Crippen molar-refractivity contribution >= 4 is 0 Å². The van der Waals surface area contributed by atoms with Gasteiger partial charge in [0.15, 0.2) is 0 Å². The molecule has 0 heterocycles. The van der Waals surface area contributed by atoms with E-state index in [1.165, 1.54) is 57.8 Å². The Balaban J connectivity index is 1.46. The average Bonchev–Trinajstić information content (AvgIpc) is 3.01. The van der Waals surface area contributed by atoms with E-state index in [-0.39, 0.29) is 0 Å². The van der Waals surface area contributed by atoms with E-state index in [4.69, 9.17) is 9.47 Å². The first-order valence-corrected chi connectivity index (χ1v) is 12.3. The van der Waals surface area contributed by atoms with E-state index >= 15 is 0 Å². The monoisotopic (exact) mass is 376 g/mol. The zero-order valence-electron chi connectivity index (χ0n) is 18.5. The van der Waals surface area contributed by atoms with Crippen LogP contribution in [0.1, 0.15) is 98.3 Å². The molecule has 0 aromatic heterocycles. The lowest BCUT2D eigenvalue weighted by Gasteiger charge is -2.61. The molecule has 0 radical (unpaired) electrons. The van der Waals surface area contributed by atoms with Gasteiger partial charge in [0.25, 0.3) is 0 Å². The van der Waals surface area contributed by atoms with Gasteiger partial charge >= 0.3 is 0 Å². The van der Waals surface area contributed by atoms with Crippen molar-refractivity contribution in [3.63, 3.8) is 0 Å². The first-order valence-electron chi connectivity index (χ1n) is 12.3. The third kappa shape index (κ3) is 3.41. The molecule has 0 aromatic rings. The van der Waals surface area contributed by atoms with Crippen LogP contribution in [-0.4, -0.2) is 25.4 Å². The molecule has 27 heavy (non-hydrogen) atoms. The Morgan fingerprint density at radius 3 is 2.22 bits per heavy atom. The zero-order chi connectivity index (χ0) is 19.1. The maximum atomic E-state index is 6.37. The summed E-state index contributed by atoms with van der Waals surface area (Å²) in [6.07, 6.45) is 16.0. The summed E-state index contributed by atoms with van der Waals surface area (Å²) in [6, 6.07) is 0. The molecule has 2 nitrogen and oxygen atoms in total. The normalized spacial score (nSPS) is 49.3. The largest absolute Gasteiger partial charge is 0.378 e. The zero-order valence-corrected chi connectivity index (χ0v) is 18.5. The van der Waals surface area contributed by atoms with E-state index in [0.717, 1.165) is 49.7 Å². The van der Waals surface area contributed by atoms with Crippen LogP contribution in [0.25, 0.3) is 0 Å². The summed E-state index contributed by atoms with van der Waals surface area (Å²) >= 11 is 0. The lowest BCUT2D eigenvalue weighted by atomic mass is 9.45. The molecule has 0 amide bonds. The molecule has 4 aliphatic carbocycles. The Hall–Kier alpha value is -0.0800. The minimum Gasteiger partial charge on any atom is -0.378 e. The summed E-state index contributed by atoms with van der Waals surface area (Å²) in [5.41, 5.74) is 1.04. The Kier molecular flexibility index (Phi) is 5.97. The molecule has 0 bridgehead atoms. The molecule has 4 aliphatic rings. The van der Waals surface area contributed by atoms with Gasteiger partial charge in [0, 0.05) is 13.2 Å². The van der Waals surface area contributed by atoms with Gasteiger partial charge in [-0.2, -0.15) is 0 Å². The highest BCUT2D eigenvalue weighted by Gasteiger charge is 2.60. The molecule has 4 fully saturated rings. The van der Waals surface area contributed by atoms with E-state index in [0.29, 0.717) is 23.0 Å². The van der Waals surface area contributed by atoms with Crippen molar-refractivity contribution < 1.29 is 9.47 Å². The van der Waals surface area contributed by atoms with Gasteiger partial charge in [-0.1, -0.05) is 27.7 Å². The van der Waals surface area contributed by atoms with Gasteiger partial charge in [0.1, 0.15) is 0 Å². The lowest BCUT2D eigenvalue weighted by molar-refractivity contribution is -0.146. The van der Waals surface area contributed by atoms with Crippen LogP contribution in [0, 0.1) is 34.5 Å². The van der Waals surface area contributed by atoms with Crippen molar-refractivity contribution in [1.29, 1.82) is 0 Å². The SMILES string of the molecule is CCCO[C@H]1CC[C@@]2(C)[C@@H](CC[C@H]3[C@H]2CC[C@]2(C)[C@@H](OCCC)CC[C@@H]32)C1. The molecular formula is C25H44O2. The summed E-state index contributed by atoms with van der Waals surface area (Å²) in [7, 11) is 0. The van der Waals surface area contributed by atoms with Crippen LogP contribution in [-0.2, 0) is 9.47 Å². The molecule has 4 rings (SSSR count). The standard InChI is InChI=1S/C25H44O2/c1-5-15-26-19-11-13-24(3)18(17-19)7-8-20-21-9-10-23(27-16-6-2)25(21,4)14-12-22(20)24/h18-23H,5-17H2,1-4H3/t18-,19-,20+,21-,22+,23-,24-,25-/m0/s1. The van der Waals surface area contributed by atoms with Crippen LogP contribution < -0.4 is 0 Å². The number of ether oxygens (including phenoxy) is 2. The number of fused-ring (bicyclic) bond motifs is 5. The maximum absolute atomic E-state index is 6.37. The smallest absolute Gasteiger partial charge is 0.0631 e. The Morgan fingerprint density at radius 1 is 0.741 bits per heavy atom. The van der Waals surface area contributed by atoms with E-state index < -0.39 is 0 Å². The second-order valence-corrected chi connectivity index (χ2v) is 10.9. The summed E-state index contributed by atoms with van der Waals surface area (Å²) in [5, 5.41) is 0. The van der Waals surface area contributed by atoms with Crippen molar-refractivity contribution in [2.45, 2.75) is 111 Å². The third-order valence-corrected chi connectivity index (χ3v) is 9.61. The predicted molar refractivity (Wildman–Crippen MR) is 112 cm³/mol. The van der Waals surface area contributed by atoms with Crippen molar-refractivity contribution in [2.75, 3.05) is 13.2 Å². The van der Waals surface area contributed by atoms with Crippen LogP contribution in [0.5, 0.6) is 0 Å². The van der Waals surface area contributed by atoms with Gasteiger partial charge in [-0.3, -0.25) is 0 Å². The first kappa shape index (κ1) is 20.2. The van der Waals surface area contributed by atoms with Crippen molar-refractivity contribution in [2.24, 2.45) is 34.5 Å². The van der Waals surface area contributed by atoms with Gasteiger partial charge in [-0.25, -0.2) is 0 Å². The molecule has 2 heteroatoms. The lowest BCUT2D eigenvalue weighted by Crippen LogP contribution is -2.54. The number of rotatable bonds is 6. The second-order valence-electron chi connectivity index (χ2n) is 10.9. The van der Waals surface area contributed by atoms with Crippen molar-refractivity contribution in [1.82, 2.24) is 0 Å². The maximum Gasteiger partial charge on any atom is 0.0631 e. The molecule has 0 spiro atoms. The molecule has 0 N–H and O–H groups in total. The fourth-order valence-electron chi connectivity index (χ4n) is 8.14.